The van der Waals surface area contributed by atoms with Crippen molar-refractivity contribution in [3.05, 3.63) is 59.2 Å². The summed E-state index contributed by atoms with van der Waals surface area (Å²) in [6.45, 7) is 1.17. The number of rotatable bonds is 5. The number of carbonyl (C=O) groups is 2. The van der Waals surface area contributed by atoms with Gasteiger partial charge in [0.05, 0.1) is 6.26 Å². The van der Waals surface area contributed by atoms with Crippen molar-refractivity contribution in [3.63, 3.8) is 0 Å². The molecule has 6 nitrogen and oxygen atoms in total. The molecule has 1 saturated heterocycles. The van der Waals surface area contributed by atoms with E-state index in [1.165, 1.54) is 11.3 Å². The van der Waals surface area contributed by atoms with E-state index >= 15 is 0 Å². The summed E-state index contributed by atoms with van der Waals surface area (Å²) in [6.07, 6.45) is 2.93. The molecule has 1 aliphatic rings. The lowest BCUT2D eigenvalue weighted by Crippen LogP contribution is -2.23. The predicted molar refractivity (Wildman–Crippen MR) is 102 cm³/mol. The van der Waals surface area contributed by atoms with Gasteiger partial charge in [0.15, 0.2) is 16.7 Å². The van der Waals surface area contributed by atoms with Crippen LogP contribution in [0.15, 0.2) is 53.1 Å². The Balaban J connectivity index is 1.63. The molecular weight excluding hydrogens is 364 g/mol. The minimum Gasteiger partial charge on any atom is -0.463 e. The number of ether oxygens (including phenoxy) is 1. The number of ketones is 1. The average Bonchev–Trinajstić information content (AvgIpc) is 3.38. The molecule has 4 rings (SSSR count). The summed E-state index contributed by atoms with van der Waals surface area (Å²) in [5, 5.41) is 3.17. The third kappa shape index (κ3) is 3.84. The third-order valence-corrected chi connectivity index (χ3v) is 5.44. The first-order valence-electron chi connectivity index (χ1n) is 8.75. The van der Waals surface area contributed by atoms with Crippen LogP contribution >= 0.6 is 11.3 Å². The van der Waals surface area contributed by atoms with Gasteiger partial charge in [-0.25, -0.2) is 4.98 Å². The van der Waals surface area contributed by atoms with E-state index in [4.69, 9.17) is 9.15 Å². The van der Waals surface area contributed by atoms with Gasteiger partial charge < -0.3 is 9.15 Å². The van der Waals surface area contributed by atoms with Crippen LogP contribution in [0.2, 0.25) is 0 Å². The third-order valence-electron chi connectivity index (χ3n) is 4.45. The van der Waals surface area contributed by atoms with E-state index in [1.807, 2.05) is 6.07 Å². The van der Waals surface area contributed by atoms with Crippen molar-refractivity contribution in [3.8, 4) is 11.5 Å². The lowest BCUT2D eigenvalue weighted by atomic mass is 9.94. The van der Waals surface area contributed by atoms with Crippen LogP contribution in [0.1, 0.15) is 32.9 Å². The molecule has 0 radical (unpaired) electrons. The second kappa shape index (κ2) is 7.85. The first kappa shape index (κ1) is 17.6. The molecule has 1 N–H and O–H groups in total. The SMILES string of the molecule is O=C(Nc1nc(-c2ccco2)c(C(=O)C2CCOCC2)s1)c1ccccc1. The molecule has 1 aliphatic heterocycles. The van der Waals surface area contributed by atoms with Gasteiger partial charge in [0, 0.05) is 24.7 Å². The number of thiazole rings is 1. The zero-order valence-corrected chi connectivity index (χ0v) is 15.3. The number of Topliss-reactive ketones (excluding diaryl/α,β-unsaturated/α-hetero) is 1. The van der Waals surface area contributed by atoms with Crippen molar-refractivity contribution in [1.29, 1.82) is 0 Å². The van der Waals surface area contributed by atoms with Crippen molar-refractivity contribution in [2.75, 3.05) is 18.5 Å². The number of anilines is 1. The van der Waals surface area contributed by atoms with Crippen molar-refractivity contribution < 1.29 is 18.7 Å². The number of aromatic nitrogens is 1. The molecule has 138 valence electrons. The number of nitrogens with one attached hydrogen (secondary N) is 1. The smallest absolute Gasteiger partial charge is 0.257 e. The Morgan fingerprint density at radius 1 is 1.07 bits per heavy atom. The van der Waals surface area contributed by atoms with Crippen LogP contribution < -0.4 is 5.32 Å². The molecule has 3 heterocycles. The number of hydrogen-bond acceptors (Lipinski definition) is 6. The van der Waals surface area contributed by atoms with E-state index in [2.05, 4.69) is 10.3 Å². The van der Waals surface area contributed by atoms with Crippen molar-refractivity contribution in [2.24, 2.45) is 5.92 Å². The van der Waals surface area contributed by atoms with Gasteiger partial charge in [0.25, 0.3) is 5.91 Å². The monoisotopic (exact) mass is 382 g/mol. The summed E-state index contributed by atoms with van der Waals surface area (Å²) in [7, 11) is 0. The van der Waals surface area contributed by atoms with Crippen LogP contribution in [0, 0.1) is 5.92 Å². The number of carbonyl (C=O) groups excluding carboxylic acids is 2. The van der Waals surface area contributed by atoms with Crippen LogP contribution in [0.3, 0.4) is 0 Å². The number of benzene rings is 1. The maximum Gasteiger partial charge on any atom is 0.257 e. The Morgan fingerprint density at radius 2 is 1.85 bits per heavy atom. The topological polar surface area (TPSA) is 81.4 Å². The van der Waals surface area contributed by atoms with Crippen molar-refractivity contribution >= 4 is 28.2 Å². The predicted octanol–water partition coefficient (Wildman–Crippen LogP) is 4.26. The fourth-order valence-electron chi connectivity index (χ4n) is 3.02. The van der Waals surface area contributed by atoms with E-state index in [0.717, 1.165) is 0 Å². The van der Waals surface area contributed by atoms with Gasteiger partial charge in [-0.05, 0) is 37.1 Å². The number of nitrogens with zero attached hydrogens (tertiary/aromatic N) is 1. The summed E-state index contributed by atoms with van der Waals surface area (Å²) >= 11 is 1.19. The first-order valence-corrected chi connectivity index (χ1v) is 9.57. The summed E-state index contributed by atoms with van der Waals surface area (Å²) in [5.74, 6) is 0.190. The summed E-state index contributed by atoms with van der Waals surface area (Å²) in [5.41, 5.74) is 1.01. The highest BCUT2D eigenvalue weighted by atomic mass is 32.1. The molecule has 0 bridgehead atoms. The molecule has 27 heavy (non-hydrogen) atoms. The maximum atomic E-state index is 13.0. The van der Waals surface area contributed by atoms with E-state index in [0.29, 0.717) is 53.1 Å². The highest BCUT2D eigenvalue weighted by Crippen LogP contribution is 2.35. The molecule has 2 aromatic heterocycles. The standard InChI is InChI=1S/C20H18N2O4S/c23-17(13-8-11-25-12-9-13)18-16(15-7-4-10-26-15)21-20(27-18)22-19(24)14-5-2-1-3-6-14/h1-7,10,13H,8-9,11-12H2,(H,21,22,24). The molecule has 0 aliphatic carbocycles. The van der Waals surface area contributed by atoms with Gasteiger partial charge >= 0.3 is 0 Å². The number of amides is 1. The molecule has 3 aromatic rings. The zero-order chi connectivity index (χ0) is 18.6. The lowest BCUT2D eigenvalue weighted by Gasteiger charge is -2.20. The Hall–Kier alpha value is -2.77. The molecule has 0 saturated carbocycles. The lowest BCUT2D eigenvalue weighted by molar-refractivity contribution is 0.0547. The van der Waals surface area contributed by atoms with Crippen LogP contribution in [-0.4, -0.2) is 29.9 Å². The highest BCUT2D eigenvalue weighted by molar-refractivity contribution is 7.18. The number of hydrogen-bond donors (Lipinski definition) is 1. The van der Waals surface area contributed by atoms with Crippen molar-refractivity contribution in [1.82, 2.24) is 4.98 Å². The Kier molecular flexibility index (Phi) is 5.13. The largest absolute Gasteiger partial charge is 0.463 e. The average molecular weight is 382 g/mol. The molecule has 0 unspecified atom stereocenters. The minimum absolute atomic E-state index is 0.0300. The summed E-state index contributed by atoms with van der Waals surface area (Å²) in [4.78, 5) is 30.5. The van der Waals surface area contributed by atoms with Gasteiger partial charge in [-0.2, -0.15) is 0 Å². The van der Waals surface area contributed by atoms with Gasteiger partial charge in [0.2, 0.25) is 0 Å². The Labute approximate surface area is 160 Å². The van der Waals surface area contributed by atoms with Crippen LogP contribution in [0.4, 0.5) is 5.13 Å². The highest BCUT2D eigenvalue weighted by Gasteiger charge is 2.29. The Bertz CT molecular complexity index is 928. The van der Waals surface area contributed by atoms with E-state index in [-0.39, 0.29) is 17.6 Å². The van der Waals surface area contributed by atoms with E-state index in [9.17, 15) is 9.59 Å². The quantitative estimate of drug-likeness (QED) is 0.667. The number of furan rings is 1. The second-order valence-electron chi connectivity index (χ2n) is 6.25. The molecule has 0 spiro atoms. The first-order chi connectivity index (χ1) is 13.2. The van der Waals surface area contributed by atoms with E-state index < -0.39 is 0 Å². The maximum absolute atomic E-state index is 13.0. The van der Waals surface area contributed by atoms with Gasteiger partial charge in [-0.15, -0.1) is 0 Å². The molecule has 1 amide bonds. The summed E-state index contributed by atoms with van der Waals surface area (Å²) in [6, 6.07) is 12.4. The Morgan fingerprint density at radius 3 is 2.56 bits per heavy atom. The van der Waals surface area contributed by atoms with Crippen molar-refractivity contribution in [2.45, 2.75) is 12.8 Å². The summed E-state index contributed by atoms with van der Waals surface area (Å²) < 4.78 is 10.8. The fourth-order valence-corrected chi connectivity index (χ4v) is 4.01. The normalized spacial score (nSPS) is 14.8. The zero-order valence-electron chi connectivity index (χ0n) is 14.5. The van der Waals surface area contributed by atoms with Crippen LogP contribution in [-0.2, 0) is 4.74 Å². The minimum atomic E-state index is -0.264. The molecule has 7 heteroatoms. The molecule has 0 atom stereocenters. The van der Waals surface area contributed by atoms with Crippen LogP contribution in [0.5, 0.6) is 0 Å². The fraction of sp³-hybridized carbons (Fsp3) is 0.250. The molecular formula is C20H18N2O4S. The van der Waals surface area contributed by atoms with Gasteiger partial charge in [0.1, 0.15) is 10.6 Å². The van der Waals surface area contributed by atoms with Gasteiger partial charge in [-0.1, -0.05) is 29.5 Å². The van der Waals surface area contributed by atoms with Crippen LogP contribution in [0.25, 0.3) is 11.5 Å². The van der Waals surface area contributed by atoms with E-state index in [1.54, 1.807) is 42.7 Å². The molecule has 1 aromatic carbocycles. The molecule has 1 fully saturated rings. The second-order valence-corrected chi connectivity index (χ2v) is 7.24. The van der Waals surface area contributed by atoms with Gasteiger partial charge in [-0.3, -0.25) is 14.9 Å².